The number of aryl methyl sites for hydroxylation is 2. The Kier molecular flexibility index (Phi) is 3.94. The van der Waals surface area contributed by atoms with E-state index in [2.05, 4.69) is 30.5 Å². The highest BCUT2D eigenvalue weighted by atomic mass is 35.5. The number of benzene rings is 2. The van der Waals surface area contributed by atoms with Gasteiger partial charge in [-0.15, -0.1) is 0 Å². The van der Waals surface area contributed by atoms with Crippen molar-refractivity contribution in [1.29, 1.82) is 0 Å². The van der Waals surface area contributed by atoms with Gasteiger partial charge in [-0.1, -0.05) is 23.7 Å². The van der Waals surface area contributed by atoms with E-state index >= 15 is 0 Å². The minimum atomic E-state index is -0.111. The van der Waals surface area contributed by atoms with E-state index in [1.54, 1.807) is 0 Å². The van der Waals surface area contributed by atoms with Gasteiger partial charge in [-0.05, 0) is 61.7 Å². The van der Waals surface area contributed by atoms with Crippen LogP contribution in [0.4, 0.5) is 0 Å². The van der Waals surface area contributed by atoms with Gasteiger partial charge in [0.25, 0.3) is 0 Å². The Labute approximate surface area is 135 Å². The molecule has 0 radical (unpaired) electrons. The molecule has 0 bridgehead atoms. The lowest BCUT2D eigenvalue weighted by Gasteiger charge is -2.12. The van der Waals surface area contributed by atoms with E-state index in [0.717, 1.165) is 28.4 Å². The summed E-state index contributed by atoms with van der Waals surface area (Å²) < 4.78 is 2.20. The summed E-state index contributed by atoms with van der Waals surface area (Å²) >= 11 is 5.97. The largest absolute Gasteiger partial charge is 0.322 e. The summed E-state index contributed by atoms with van der Waals surface area (Å²) in [6, 6.07) is 12.1. The molecule has 1 atom stereocenters. The van der Waals surface area contributed by atoms with Gasteiger partial charge in [0.2, 0.25) is 0 Å². The highest BCUT2D eigenvalue weighted by molar-refractivity contribution is 6.30. The molecule has 0 aliphatic rings. The van der Waals surface area contributed by atoms with Gasteiger partial charge in [0.05, 0.1) is 17.1 Å². The maximum absolute atomic E-state index is 6.13. The number of hydrogen-bond acceptors (Lipinski definition) is 2. The van der Waals surface area contributed by atoms with E-state index in [-0.39, 0.29) is 6.04 Å². The predicted molar refractivity (Wildman–Crippen MR) is 92.4 cm³/mol. The van der Waals surface area contributed by atoms with Gasteiger partial charge in [0.15, 0.2) is 0 Å². The molecule has 0 fully saturated rings. The first-order valence-corrected chi connectivity index (χ1v) is 7.81. The van der Waals surface area contributed by atoms with Crippen LogP contribution in [0.3, 0.4) is 0 Å². The minimum Gasteiger partial charge on any atom is -0.322 e. The zero-order chi connectivity index (χ0) is 15.9. The van der Waals surface area contributed by atoms with Gasteiger partial charge in [0.1, 0.15) is 5.82 Å². The van der Waals surface area contributed by atoms with Crippen molar-refractivity contribution in [2.24, 2.45) is 5.73 Å². The van der Waals surface area contributed by atoms with Crippen molar-refractivity contribution in [3.8, 4) is 0 Å². The second-order valence-corrected chi connectivity index (χ2v) is 6.33. The molecule has 114 valence electrons. The Balaban J connectivity index is 2.15. The third kappa shape index (κ3) is 2.74. The SMILES string of the molecule is Cc1cc2nc(C(C)N)n(Cc3ccc(Cl)cc3)c2cc1C. The molecule has 2 N–H and O–H groups in total. The molecule has 0 saturated carbocycles. The number of aromatic nitrogens is 2. The lowest BCUT2D eigenvalue weighted by Crippen LogP contribution is -2.14. The van der Waals surface area contributed by atoms with Gasteiger partial charge in [-0.25, -0.2) is 4.98 Å². The first-order valence-electron chi connectivity index (χ1n) is 7.43. The normalized spacial score (nSPS) is 12.8. The lowest BCUT2D eigenvalue weighted by molar-refractivity contribution is 0.664. The summed E-state index contributed by atoms with van der Waals surface area (Å²) in [5, 5.41) is 0.748. The molecule has 0 spiro atoms. The Hall–Kier alpha value is -1.84. The van der Waals surface area contributed by atoms with Crippen LogP contribution < -0.4 is 5.73 Å². The molecule has 1 heterocycles. The molecule has 3 aromatic rings. The molecule has 0 aliphatic heterocycles. The summed E-state index contributed by atoms with van der Waals surface area (Å²) in [6.45, 7) is 6.95. The second-order valence-electron chi connectivity index (χ2n) is 5.90. The van der Waals surface area contributed by atoms with Crippen LogP contribution in [0.25, 0.3) is 11.0 Å². The fourth-order valence-electron chi connectivity index (χ4n) is 2.68. The van der Waals surface area contributed by atoms with Crippen molar-refractivity contribution in [1.82, 2.24) is 9.55 Å². The van der Waals surface area contributed by atoms with E-state index in [4.69, 9.17) is 22.3 Å². The smallest absolute Gasteiger partial charge is 0.126 e. The van der Waals surface area contributed by atoms with Crippen LogP contribution >= 0.6 is 11.6 Å². The van der Waals surface area contributed by atoms with Crippen LogP contribution in [0, 0.1) is 13.8 Å². The zero-order valence-corrected chi connectivity index (χ0v) is 13.9. The van der Waals surface area contributed by atoms with Gasteiger partial charge < -0.3 is 10.3 Å². The van der Waals surface area contributed by atoms with Gasteiger partial charge in [0, 0.05) is 11.6 Å². The molecule has 22 heavy (non-hydrogen) atoms. The van der Waals surface area contributed by atoms with E-state index in [9.17, 15) is 0 Å². The predicted octanol–water partition coefficient (Wildman–Crippen LogP) is 4.37. The lowest BCUT2D eigenvalue weighted by atomic mass is 10.1. The maximum atomic E-state index is 6.13. The average Bonchev–Trinajstić information content (AvgIpc) is 2.80. The molecule has 1 unspecified atom stereocenters. The monoisotopic (exact) mass is 313 g/mol. The van der Waals surface area contributed by atoms with Crippen LogP contribution in [0.2, 0.25) is 5.02 Å². The Morgan fingerprint density at radius 2 is 1.77 bits per heavy atom. The fourth-order valence-corrected chi connectivity index (χ4v) is 2.81. The molecular weight excluding hydrogens is 294 g/mol. The van der Waals surface area contributed by atoms with Crippen LogP contribution in [0.1, 0.15) is 35.5 Å². The van der Waals surface area contributed by atoms with Gasteiger partial charge >= 0.3 is 0 Å². The third-order valence-corrected chi connectivity index (χ3v) is 4.31. The molecule has 0 amide bonds. The Morgan fingerprint density at radius 1 is 1.14 bits per heavy atom. The van der Waals surface area contributed by atoms with Crippen molar-refractivity contribution < 1.29 is 0 Å². The molecule has 0 saturated heterocycles. The zero-order valence-electron chi connectivity index (χ0n) is 13.1. The first kappa shape index (κ1) is 15.1. The van der Waals surface area contributed by atoms with Crippen molar-refractivity contribution in [2.75, 3.05) is 0 Å². The summed E-state index contributed by atoms with van der Waals surface area (Å²) in [6.07, 6.45) is 0. The van der Waals surface area contributed by atoms with E-state index < -0.39 is 0 Å². The van der Waals surface area contributed by atoms with Crippen molar-refractivity contribution in [3.05, 3.63) is 63.9 Å². The highest BCUT2D eigenvalue weighted by Crippen LogP contribution is 2.24. The molecule has 1 aromatic heterocycles. The Bertz CT molecular complexity index is 816. The molecule has 3 rings (SSSR count). The Morgan fingerprint density at radius 3 is 2.41 bits per heavy atom. The quantitative estimate of drug-likeness (QED) is 0.780. The molecule has 3 nitrogen and oxygen atoms in total. The number of nitrogens with two attached hydrogens (primary N) is 1. The fraction of sp³-hybridized carbons (Fsp3) is 0.278. The molecular formula is C18H20ClN3. The van der Waals surface area contributed by atoms with Crippen molar-refractivity contribution in [3.63, 3.8) is 0 Å². The number of imidazole rings is 1. The van der Waals surface area contributed by atoms with Crippen LogP contribution in [0.5, 0.6) is 0 Å². The number of halogens is 1. The average molecular weight is 314 g/mol. The summed E-state index contributed by atoms with van der Waals surface area (Å²) in [4.78, 5) is 4.74. The van der Waals surface area contributed by atoms with E-state index in [0.29, 0.717) is 0 Å². The van der Waals surface area contributed by atoms with Gasteiger partial charge in [-0.3, -0.25) is 0 Å². The van der Waals surface area contributed by atoms with Crippen LogP contribution in [-0.2, 0) is 6.54 Å². The van der Waals surface area contributed by atoms with Crippen LogP contribution in [-0.4, -0.2) is 9.55 Å². The van der Waals surface area contributed by atoms with Crippen LogP contribution in [0.15, 0.2) is 36.4 Å². The third-order valence-electron chi connectivity index (χ3n) is 4.05. The van der Waals surface area contributed by atoms with E-state index in [1.807, 2.05) is 31.2 Å². The summed E-state index contributed by atoms with van der Waals surface area (Å²) in [5.41, 5.74) is 12.0. The molecule has 0 aliphatic carbocycles. The first-order chi connectivity index (χ1) is 10.5. The summed E-state index contributed by atoms with van der Waals surface area (Å²) in [7, 11) is 0. The number of fused-ring (bicyclic) bond motifs is 1. The topological polar surface area (TPSA) is 43.8 Å². The minimum absolute atomic E-state index is 0.111. The van der Waals surface area contributed by atoms with E-state index in [1.165, 1.54) is 16.7 Å². The number of nitrogens with zero attached hydrogens (tertiary/aromatic N) is 2. The summed E-state index contributed by atoms with van der Waals surface area (Å²) in [5.74, 6) is 0.912. The number of rotatable bonds is 3. The maximum Gasteiger partial charge on any atom is 0.126 e. The second kappa shape index (κ2) is 5.75. The standard InChI is InChI=1S/C18H20ClN3/c1-11-8-16-17(9-12(11)2)22(18(21-16)13(3)20)10-14-4-6-15(19)7-5-14/h4-9,13H,10,20H2,1-3H3. The number of hydrogen-bond donors (Lipinski definition) is 1. The molecule has 2 aromatic carbocycles. The highest BCUT2D eigenvalue weighted by Gasteiger charge is 2.15. The van der Waals surface area contributed by atoms with Gasteiger partial charge in [-0.2, -0.15) is 0 Å². The van der Waals surface area contributed by atoms with Crippen molar-refractivity contribution >= 4 is 22.6 Å². The molecule has 4 heteroatoms. The van der Waals surface area contributed by atoms with Crippen molar-refractivity contribution in [2.45, 2.75) is 33.4 Å².